The molecule has 0 radical (unpaired) electrons. The lowest BCUT2D eigenvalue weighted by Gasteiger charge is -2.30. The number of carbonyl (C=O) groups excluding carboxylic acids is 1. The Hall–Kier alpha value is -3.41. The fourth-order valence-electron chi connectivity index (χ4n) is 3.94. The van der Waals surface area contributed by atoms with E-state index in [4.69, 9.17) is 4.74 Å². The van der Waals surface area contributed by atoms with Crippen molar-refractivity contribution in [2.24, 2.45) is 0 Å². The van der Waals surface area contributed by atoms with Gasteiger partial charge in [-0.3, -0.25) is 4.98 Å². The summed E-state index contributed by atoms with van der Waals surface area (Å²) in [7, 11) is 0. The maximum Gasteiger partial charge on any atom is 0.322 e. The summed E-state index contributed by atoms with van der Waals surface area (Å²) in [5, 5.41) is 3.04. The zero-order chi connectivity index (χ0) is 21.5. The topological polar surface area (TPSA) is 54.5 Å². The second-order valence-corrected chi connectivity index (χ2v) is 7.72. The zero-order valence-corrected chi connectivity index (χ0v) is 17.3. The summed E-state index contributed by atoms with van der Waals surface area (Å²) >= 11 is 0. The van der Waals surface area contributed by atoms with Crippen LogP contribution in [0.4, 0.5) is 14.9 Å². The van der Waals surface area contributed by atoms with E-state index >= 15 is 0 Å². The minimum absolute atomic E-state index is 0.0463. The van der Waals surface area contributed by atoms with Crippen molar-refractivity contribution < 1.29 is 13.9 Å². The highest BCUT2D eigenvalue weighted by Crippen LogP contribution is 2.30. The molecule has 160 valence electrons. The first-order chi connectivity index (χ1) is 15.2. The molecule has 0 saturated carbocycles. The highest BCUT2D eigenvalue weighted by atomic mass is 19.1. The van der Waals surface area contributed by atoms with Crippen LogP contribution in [0.1, 0.15) is 42.9 Å². The summed E-state index contributed by atoms with van der Waals surface area (Å²) < 4.78 is 19.0. The molecule has 2 aromatic carbocycles. The minimum atomic E-state index is -0.334. The van der Waals surface area contributed by atoms with Crippen molar-refractivity contribution in [2.45, 2.75) is 38.3 Å². The first-order valence-electron chi connectivity index (χ1n) is 10.6. The molecule has 0 spiro atoms. The highest BCUT2D eigenvalue weighted by molar-refractivity contribution is 5.89. The zero-order valence-electron chi connectivity index (χ0n) is 17.3. The van der Waals surface area contributed by atoms with E-state index < -0.39 is 0 Å². The summed E-state index contributed by atoms with van der Waals surface area (Å²) in [4.78, 5) is 19.2. The van der Waals surface area contributed by atoms with Gasteiger partial charge in [0.15, 0.2) is 0 Å². The standard InChI is InChI=1S/C25H26FN3O2/c26-21-7-5-9-23(17-21)31-18-19-6-4-8-22(16-19)28-25(30)29-15-3-1-2-10-24(29)20-11-13-27-14-12-20/h4-9,11-14,16-17,24H,1-3,10,15,18H2,(H,28,30). The molecular formula is C25H26FN3O2. The number of nitrogens with zero attached hydrogens (tertiary/aromatic N) is 2. The number of rotatable bonds is 5. The summed E-state index contributed by atoms with van der Waals surface area (Å²) in [5.41, 5.74) is 2.72. The van der Waals surface area contributed by atoms with Crippen LogP contribution in [-0.2, 0) is 6.61 Å². The number of pyridine rings is 1. The molecule has 0 bridgehead atoms. The lowest BCUT2D eigenvalue weighted by Crippen LogP contribution is -2.38. The second kappa shape index (κ2) is 10.1. The molecule has 1 unspecified atom stereocenters. The van der Waals surface area contributed by atoms with Gasteiger partial charge in [-0.25, -0.2) is 9.18 Å². The van der Waals surface area contributed by atoms with Crippen LogP contribution >= 0.6 is 0 Å². The van der Waals surface area contributed by atoms with Gasteiger partial charge in [0, 0.05) is 30.7 Å². The summed E-state index contributed by atoms with van der Waals surface area (Å²) in [5.74, 6) is 0.138. The van der Waals surface area contributed by atoms with Gasteiger partial charge in [-0.2, -0.15) is 0 Å². The van der Waals surface area contributed by atoms with Crippen LogP contribution in [-0.4, -0.2) is 22.5 Å². The van der Waals surface area contributed by atoms with Crippen LogP contribution in [0.15, 0.2) is 73.1 Å². The van der Waals surface area contributed by atoms with E-state index in [1.165, 1.54) is 12.1 Å². The normalized spacial score (nSPS) is 16.4. The lowest BCUT2D eigenvalue weighted by molar-refractivity contribution is 0.189. The molecule has 1 N–H and O–H groups in total. The summed E-state index contributed by atoms with van der Waals surface area (Å²) in [6.07, 6.45) is 7.72. The van der Waals surface area contributed by atoms with Crippen LogP contribution in [0.3, 0.4) is 0 Å². The minimum Gasteiger partial charge on any atom is -0.489 e. The predicted molar refractivity (Wildman–Crippen MR) is 118 cm³/mol. The number of amides is 2. The Morgan fingerprint density at radius 3 is 2.74 bits per heavy atom. The molecule has 1 aromatic heterocycles. The number of aromatic nitrogens is 1. The third kappa shape index (κ3) is 5.60. The Bertz CT molecular complexity index is 1010. The fraction of sp³-hybridized carbons (Fsp3) is 0.280. The highest BCUT2D eigenvalue weighted by Gasteiger charge is 2.26. The first-order valence-corrected chi connectivity index (χ1v) is 10.6. The van der Waals surface area contributed by atoms with Crippen molar-refractivity contribution in [3.8, 4) is 5.75 Å². The van der Waals surface area contributed by atoms with Crippen molar-refractivity contribution in [1.29, 1.82) is 0 Å². The summed E-state index contributed by atoms with van der Waals surface area (Å²) in [6.45, 7) is 1.01. The SMILES string of the molecule is O=C(Nc1cccc(COc2cccc(F)c2)c1)N1CCCCCC1c1ccncc1. The van der Waals surface area contributed by atoms with E-state index in [1.807, 2.05) is 41.3 Å². The number of halogens is 1. The van der Waals surface area contributed by atoms with Gasteiger partial charge < -0.3 is 15.0 Å². The van der Waals surface area contributed by atoms with Crippen LogP contribution in [0, 0.1) is 5.82 Å². The Morgan fingerprint density at radius 2 is 1.90 bits per heavy atom. The molecule has 5 nitrogen and oxygen atoms in total. The molecule has 6 heteroatoms. The largest absolute Gasteiger partial charge is 0.489 e. The van der Waals surface area contributed by atoms with E-state index in [2.05, 4.69) is 10.3 Å². The average Bonchev–Trinajstić information content (AvgIpc) is 3.05. The molecule has 2 amide bonds. The molecule has 4 rings (SSSR count). The number of nitrogens with one attached hydrogen (secondary N) is 1. The van der Waals surface area contributed by atoms with Gasteiger partial charge in [-0.05, 0) is 60.4 Å². The molecule has 1 fully saturated rings. The number of ether oxygens (including phenoxy) is 1. The van der Waals surface area contributed by atoms with Gasteiger partial charge in [-0.1, -0.05) is 31.0 Å². The number of benzene rings is 2. The molecular weight excluding hydrogens is 393 g/mol. The second-order valence-electron chi connectivity index (χ2n) is 7.72. The van der Waals surface area contributed by atoms with Gasteiger partial charge in [-0.15, -0.1) is 0 Å². The van der Waals surface area contributed by atoms with E-state index in [9.17, 15) is 9.18 Å². The molecule has 1 saturated heterocycles. The van der Waals surface area contributed by atoms with E-state index in [1.54, 1.807) is 24.5 Å². The third-order valence-electron chi connectivity index (χ3n) is 5.48. The number of carbonyl (C=O) groups is 1. The Labute approximate surface area is 181 Å². The van der Waals surface area contributed by atoms with Crippen molar-refractivity contribution in [1.82, 2.24) is 9.88 Å². The number of hydrogen-bond donors (Lipinski definition) is 1. The monoisotopic (exact) mass is 419 g/mol. The molecule has 31 heavy (non-hydrogen) atoms. The molecule has 0 aliphatic carbocycles. The maximum atomic E-state index is 13.3. The van der Waals surface area contributed by atoms with Crippen molar-refractivity contribution in [3.63, 3.8) is 0 Å². The smallest absolute Gasteiger partial charge is 0.322 e. The molecule has 1 aliphatic rings. The van der Waals surface area contributed by atoms with Gasteiger partial charge in [0.25, 0.3) is 0 Å². The van der Waals surface area contributed by atoms with Crippen molar-refractivity contribution in [3.05, 3.63) is 90.0 Å². The number of urea groups is 1. The number of hydrogen-bond acceptors (Lipinski definition) is 3. The van der Waals surface area contributed by atoms with Crippen LogP contribution < -0.4 is 10.1 Å². The quantitative estimate of drug-likeness (QED) is 0.556. The Balaban J connectivity index is 1.44. The molecule has 1 aliphatic heterocycles. The van der Waals surface area contributed by atoms with E-state index in [-0.39, 0.29) is 24.5 Å². The Kier molecular flexibility index (Phi) is 6.77. The van der Waals surface area contributed by atoms with Crippen molar-refractivity contribution in [2.75, 3.05) is 11.9 Å². The molecule has 1 atom stereocenters. The average molecular weight is 420 g/mol. The van der Waals surface area contributed by atoms with E-state index in [0.29, 0.717) is 11.4 Å². The predicted octanol–water partition coefficient (Wildman–Crippen LogP) is 5.95. The van der Waals surface area contributed by atoms with E-state index in [0.717, 1.165) is 43.4 Å². The van der Waals surface area contributed by atoms with Crippen LogP contribution in [0.2, 0.25) is 0 Å². The maximum absolute atomic E-state index is 13.3. The molecule has 2 heterocycles. The van der Waals surface area contributed by atoms with Gasteiger partial charge in [0.2, 0.25) is 0 Å². The third-order valence-corrected chi connectivity index (χ3v) is 5.48. The van der Waals surface area contributed by atoms with Gasteiger partial charge >= 0.3 is 6.03 Å². The van der Waals surface area contributed by atoms with Crippen LogP contribution in [0.5, 0.6) is 5.75 Å². The first kappa shape index (κ1) is 20.8. The fourth-order valence-corrected chi connectivity index (χ4v) is 3.94. The van der Waals surface area contributed by atoms with Crippen molar-refractivity contribution >= 4 is 11.7 Å². The molecule has 3 aromatic rings. The number of likely N-dealkylation sites (tertiary alicyclic amines) is 1. The van der Waals surface area contributed by atoms with Gasteiger partial charge in [0.1, 0.15) is 18.2 Å². The van der Waals surface area contributed by atoms with Gasteiger partial charge in [0.05, 0.1) is 6.04 Å². The Morgan fingerprint density at radius 1 is 1.06 bits per heavy atom. The van der Waals surface area contributed by atoms with Crippen LogP contribution in [0.25, 0.3) is 0 Å². The summed E-state index contributed by atoms with van der Waals surface area (Å²) in [6, 6.07) is 17.5. The number of anilines is 1. The lowest BCUT2D eigenvalue weighted by atomic mass is 10.0.